The number of imidazole rings is 1. The van der Waals surface area contributed by atoms with Crippen LogP contribution in [0.3, 0.4) is 0 Å². The van der Waals surface area contributed by atoms with Gasteiger partial charge in [-0.3, -0.25) is 4.79 Å². The molecule has 0 aliphatic carbocycles. The molecule has 4 aromatic rings. The molecule has 4 rings (SSSR count). The van der Waals surface area contributed by atoms with Crippen LogP contribution in [-0.2, 0) is 6.54 Å². The van der Waals surface area contributed by atoms with Crippen molar-refractivity contribution in [2.45, 2.75) is 13.5 Å². The molecular formula is C22H20N4O. The number of hydrogen-bond acceptors (Lipinski definition) is 3. The van der Waals surface area contributed by atoms with Gasteiger partial charge < -0.3 is 16.0 Å². The van der Waals surface area contributed by atoms with E-state index in [0.717, 1.165) is 33.3 Å². The van der Waals surface area contributed by atoms with Crippen LogP contribution in [0.15, 0.2) is 66.7 Å². The van der Waals surface area contributed by atoms with Crippen molar-refractivity contribution in [1.29, 1.82) is 0 Å². The van der Waals surface area contributed by atoms with Crippen molar-refractivity contribution in [3.05, 3.63) is 83.4 Å². The molecule has 0 saturated carbocycles. The lowest BCUT2D eigenvalue weighted by Crippen LogP contribution is -2.22. The summed E-state index contributed by atoms with van der Waals surface area (Å²) in [6.07, 6.45) is 0. The summed E-state index contributed by atoms with van der Waals surface area (Å²) in [5.41, 5.74) is 12.3. The number of aryl methyl sites for hydroxylation is 1. The Balaban J connectivity index is 1.59. The summed E-state index contributed by atoms with van der Waals surface area (Å²) in [7, 11) is 0. The van der Waals surface area contributed by atoms with Gasteiger partial charge in [-0.1, -0.05) is 42.5 Å². The Hall–Kier alpha value is -3.60. The Morgan fingerprint density at radius 2 is 1.85 bits per heavy atom. The molecule has 0 spiro atoms. The third-order valence-electron chi connectivity index (χ3n) is 4.55. The minimum absolute atomic E-state index is 0.0933. The van der Waals surface area contributed by atoms with E-state index in [0.29, 0.717) is 18.1 Å². The number of aromatic amines is 1. The molecule has 0 saturated heterocycles. The van der Waals surface area contributed by atoms with Crippen LogP contribution in [0.4, 0.5) is 5.95 Å². The molecule has 0 bridgehead atoms. The number of benzene rings is 3. The zero-order valence-corrected chi connectivity index (χ0v) is 15.0. The fraction of sp³-hybridized carbons (Fsp3) is 0.0909. The van der Waals surface area contributed by atoms with E-state index >= 15 is 0 Å². The van der Waals surface area contributed by atoms with E-state index in [9.17, 15) is 4.79 Å². The zero-order chi connectivity index (χ0) is 18.8. The average Bonchev–Trinajstić information content (AvgIpc) is 3.08. The lowest BCUT2D eigenvalue weighted by Gasteiger charge is -2.08. The summed E-state index contributed by atoms with van der Waals surface area (Å²) in [6, 6.07) is 21.5. The molecule has 0 aliphatic rings. The lowest BCUT2D eigenvalue weighted by atomic mass is 10.00. The quantitative estimate of drug-likeness (QED) is 0.516. The van der Waals surface area contributed by atoms with Gasteiger partial charge in [-0.25, -0.2) is 4.98 Å². The molecule has 0 atom stereocenters. The van der Waals surface area contributed by atoms with Gasteiger partial charge in [0, 0.05) is 12.1 Å². The first kappa shape index (κ1) is 16.8. The number of carbonyl (C=O) groups is 1. The predicted octanol–water partition coefficient (Wildman–Crippen LogP) is 4.05. The van der Waals surface area contributed by atoms with Crippen molar-refractivity contribution in [2.24, 2.45) is 0 Å². The molecule has 3 aromatic carbocycles. The van der Waals surface area contributed by atoms with E-state index in [1.165, 1.54) is 0 Å². The number of nitrogens with one attached hydrogen (secondary N) is 2. The number of nitrogens with two attached hydrogens (primary N) is 1. The summed E-state index contributed by atoms with van der Waals surface area (Å²) < 4.78 is 0. The monoisotopic (exact) mass is 356 g/mol. The Bertz CT molecular complexity index is 1120. The van der Waals surface area contributed by atoms with E-state index in [4.69, 9.17) is 5.73 Å². The van der Waals surface area contributed by atoms with Gasteiger partial charge >= 0.3 is 0 Å². The van der Waals surface area contributed by atoms with Crippen molar-refractivity contribution in [2.75, 3.05) is 5.73 Å². The van der Waals surface area contributed by atoms with Crippen LogP contribution in [0.2, 0.25) is 0 Å². The first-order chi connectivity index (χ1) is 13.1. The molecule has 134 valence electrons. The molecular weight excluding hydrogens is 336 g/mol. The topological polar surface area (TPSA) is 83.8 Å². The van der Waals surface area contributed by atoms with Crippen molar-refractivity contribution < 1.29 is 4.79 Å². The van der Waals surface area contributed by atoms with Gasteiger partial charge in [0.2, 0.25) is 0 Å². The second-order valence-electron chi connectivity index (χ2n) is 6.56. The van der Waals surface area contributed by atoms with Gasteiger partial charge in [0.1, 0.15) is 0 Å². The number of rotatable bonds is 4. The maximum absolute atomic E-state index is 12.5. The molecule has 1 heterocycles. The number of nitrogen functional groups attached to an aromatic ring is 1. The predicted molar refractivity (Wildman–Crippen MR) is 108 cm³/mol. The van der Waals surface area contributed by atoms with Crippen LogP contribution in [0, 0.1) is 6.92 Å². The minimum Gasteiger partial charge on any atom is -0.369 e. The lowest BCUT2D eigenvalue weighted by molar-refractivity contribution is 0.0951. The van der Waals surface area contributed by atoms with Crippen LogP contribution in [-0.4, -0.2) is 15.9 Å². The molecule has 4 N–H and O–H groups in total. The van der Waals surface area contributed by atoms with Crippen molar-refractivity contribution in [1.82, 2.24) is 15.3 Å². The highest BCUT2D eigenvalue weighted by molar-refractivity contribution is 5.96. The van der Waals surface area contributed by atoms with E-state index in [2.05, 4.69) is 21.4 Å². The van der Waals surface area contributed by atoms with Crippen molar-refractivity contribution in [3.8, 4) is 11.1 Å². The Morgan fingerprint density at radius 1 is 1.04 bits per heavy atom. The Labute approximate surface area is 157 Å². The fourth-order valence-electron chi connectivity index (χ4n) is 3.20. The molecule has 5 nitrogen and oxygen atoms in total. The van der Waals surface area contributed by atoms with Crippen molar-refractivity contribution in [3.63, 3.8) is 0 Å². The SMILES string of the molecule is Cc1cc(-c2cccc(C(=O)NCc3ccccc3)c2)cc2[nH]c(N)nc12. The summed E-state index contributed by atoms with van der Waals surface area (Å²) in [5.74, 6) is 0.309. The summed E-state index contributed by atoms with van der Waals surface area (Å²) in [4.78, 5) is 19.9. The van der Waals surface area contributed by atoms with Gasteiger partial charge in [0.05, 0.1) is 11.0 Å². The first-order valence-corrected chi connectivity index (χ1v) is 8.78. The number of fused-ring (bicyclic) bond motifs is 1. The molecule has 0 unspecified atom stereocenters. The van der Waals surface area contributed by atoms with E-state index in [1.807, 2.05) is 67.6 Å². The highest BCUT2D eigenvalue weighted by Gasteiger charge is 2.10. The standard InChI is InChI=1S/C22H20N4O/c1-14-10-18(12-19-20(14)26-22(23)25-19)16-8-5-9-17(11-16)21(27)24-13-15-6-3-2-4-7-15/h2-12H,13H2,1H3,(H,24,27)(H3,23,25,26). The van der Waals surface area contributed by atoms with Crippen LogP contribution >= 0.6 is 0 Å². The number of hydrogen-bond donors (Lipinski definition) is 3. The van der Waals surface area contributed by atoms with Crippen LogP contribution < -0.4 is 11.1 Å². The average molecular weight is 356 g/mol. The second-order valence-corrected chi connectivity index (χ2v) is 6.56. The summed E-state index contributed by atoms with van der Waals surface area (Å²) >= 11 is 0. The van der Waals surface area contributed by atoms with Crippen molar-refractivity contribution >= 4 is 22.9 Å². The third-order valence-corrected chi connectivity index (χ3v) is 4.55. The summed E-state index contributed by atoms with van der Waals surface area (Å²) in [5, 5.41) is 2.97. The fourth-order valence-corrected chi connectivity index (χ4v) is 3.20. The number of H-pyrrole nitrogens is 1. The van der Waals surface area contributed by atoms with Gasteiger partial charge in [-0.15, -0.1) is 0 Å². The second kappa shape index (κ2) is 6.96. The molecule has 0 aliphatic heterocycles. The molecule has 0 fully saturated rings. The van der Waals surface area contributed by atoms with Gasteiger partial charge in [0.25, 0.3) is 5.91 Å². The van der Waals surface area contributed by atoms with Gasteiger partial charge in [-0.2, -0.15) is 0 Å². The van der Waals surface area contributed by atoms with E-state index < -0.39 is 0 Å². The zero-order valence-electron chi connectivity index (χ0n) is 15.0. The maximum Gasteiger partial charge on any atom is 0.251 e. The van der Waals surface area contributed by atoms with E-state index in [1.54, 1.807) is 0 Å². The molecule has 27 heavy (non-hydrogen) atoms. The number of amides is 1. The molecule has 1 aromatic heterocycles. The Kier molecular flexibility index (Phi) is 4.34. The number of anilines is 1. The van der Waals surface area contributed by atoms with Crippen LogP contribution in [0.1, 0.15) is 21.5 Å². The largest absolute Gasteiger partial charge is 0.369 e. The van der Waals surface area contributed by atoms with Gasteiger partial charge in [-0.05, 0) is 53.4 Å². The molecule has 0 radical (unpaired) electrons. The number of nitrogens with zero attached hydrogens (tertiary/aromatic N) is 1. The highest BCUT2D eigenvalue weighted by atomic mass is 16.1. The smallest absolute Gasteiger partial charge is 0.251 e. The number of aromatic nitrogens is 2. The first-order valence-electron chi connectivity index (χ1n) is 8.78. The molecule has 5 heteroatoms. The van der Waals surface area contributed by atoms with E-state index in [-0.39, 0.29) is 5.91 Å². The third kappa shape index (κ3) is 3.53. The molecule has 1 amide bonds. The highest BCUT2D eigenvalue weighted by Crippen LogP contribution is 2.27. The number of carbonyl (C=O) groups excluding carboxylic acids is 1. The minimum atomic E-state index is -0.0933. The normalized spacial score (nSPS) is 10.9. The summed E-state index contributed by atoms with van der Waals surface area (Å²) in [6.45, 7) is 2.50. The van der Waals surface area contributed by atoms with Crippen LogP contribution in [0.5, 0.6) is 0 Å². The maximum atomic E-state index is 12.5. The Morgan fingerprint density at radius 3 is 2.67 bits per heavy atom. The van der Waals surface area contributed by atoms with Gasteiger partial charge in [0.15, 0.2) is 5.95 Å². The van der Waals surface area contributed by atoms with Crippen LogP contribution in [0.25, 0.3) is 22.2 Å².